The third kappa shape index (κ3) is 3.63. The normalized spacial score (nSPS) is 18.0. The molecule has 0 saturated carbocycles. The van der Waals surface area contributed by atoms with Crippen LogP contribution in [-0.2, 0) is 14.8 Å². The van der Waals surface area contributed by atoms with E-state index in [0.717, 1.165) is 0 Å². The summed E-state index contributed by atoms with van der Waals surface area (Å²) in [5, 5.41) is 0.360. The number of nitrogens with zero attached hydrogens (tertiary/aromatic N) is 1. The molecule has 1 fully saturated rings. The quantitative estimate of drug-likeness (QED) is 0.845. The molecule has 0 amide bonds. The van der Waals surface area contributed by atoms with Crippen LogP contribution >= 0.6 is 23.2 Å². The van der Waals surface area contributed by atoms with Crippen molar-refractivity contribution >= 4 is 38.9 Å². The maximum Gasteiger partial charge on any atom is 0.246 e. The third-order valence-electron chi connectivity index (χ3n) is 3.44. The average Bonchev–Trinajstić information content (AvgIpc) is 2.38. The number of nitrogen functional groups attached to an aromatic ring is 1. The molecule has 2 rings (SSSR count). The van der Waals surface area contributed by atoms with E-state index in [1.54, 1.807) is 0 Å². The molecule has 118 valence electrons. The minimum absolute atomic E-state index is 0.0481. The highest BCUT2D eigenvalue weighted by Gasteiger charge is 2.32. The van der Waals surface area contributed by atoms with Gasteiger partial charge in [-0.25, -0.2) is 8.42 Å². The SMILES string of the molecule is CCOC1CCN(S(=O)(=O)c2c(N)cc(Cl)cc2Cl)CC1. The Morgan fingerprint density at radius 3 is 2.48 bits per heavy atom. The van der Waals surface area contributed by atoms with Crippen molar-refractivity contribution in [3.05, 3.63) is 22.2 Å². The number of halogens is 2. The Morgan fingerprint density at radius 1 is 1.33 bits per heavy atom. The summed E-state index contributed by atoms with van der Waals surface area (Å²) in [6.07, 6.45) is 1.44. The van der Waals surface area contributed by atoms with Crippen LogP contribution < -0.4 is 5.73 Å². The summed E-state index contributed by atoms with van der Waals surface area (Å²) in [5.74, 6) is 0. The number of nitrogens with two attached hydrogens (primary N) is 1. The van der Waals surface area contributed by atoms with Crippen LogP contribution in [0.2, 0.25) is 10.0 Å². The predicted octanol–water partition coefficient (Wildman–Crippen LogP) is 2.77. The summed E-state index contributed by atoms with van der Waals surface area (Å²) in [5.41, 5.74) is 5.86. The molecule has 2 N–H and O–H groups in total. The van der Waals surface area contributed by atoms with E-state index >= 15 is 0 Å². The zero-order valence-electron chi connectivity index (χ0n) is 11.7. The largest absolute Gasteiger partial charge is 0.398 e. The number of hydrogen-bond donors (Lipinski definition) is 1. The second-order valence-corrected chi connectivity index (χ2v) is 7.58. The van der Waals surface area contributed by atoms with Crippen molar-refractivity contribution in [2.75, 3.05) is 25.4 Å². The molecule has 8 heteroatoms. The van der Waals surface area contributed by atoms with Crippen molar-refractivity contribution in [2.24, 2.45) is 0 Å². The number of hydrogen-bond acceptors (Lipinski definition) is 4. The van der Waals surface area contributed by atoms with Gasteiger partial charge in [-0.15, -0.1) is 0 Å². The number of ether oxygens (including phenoxy) is 1. The van der Waals surface area contributed by atoms with E-state index in [9.17, 15) is 8.42 Å². The number of sulfonamides is 1. The molecule has 1 aliphatic rings. The summed E-state index contributed by atoms with van der Waals surface area (Å²) in [6, 6.07) is 2.78. The maximum atomic E-state index is 12.7. The lowest BCUT2D eigenvalue weighted by molar-refractivity contribution is 0.0290. The van der Waals surface area contributed by atoms with E-state index in [0.29, 0.717) is 37.6 Å². The van der Waals surface area contributed by atoms with Crippen LogP contribution in [0.3, 0.4) is 0 Å². The molecule has 1 aromatic rings. The summed E-state index contributed by atoms with van der Waals surface area (Å²) in [4.78, 5) is -0.0663. The summed E-state index contributed by atoms with van der Waals surface area (Å²) < 4.78 is 32.3. The number of anilines is 1. The number of rotatable bonds is 4. The van der Waals surface area contributed by atoms with Gasteiger partial charge >= 0.3 is 0 Å². The molecule has 0 bridgehead atoms. The van der Waals surface area contributed by atoms with Crippen LogP contribution in [0.5, 0.6) is 0 Å². The summed E-state index contributed by atoms with van der Waals surface area (Å²) in [6.45, 7) is 3.35. The van der Waals surface area contributed by atoms with Crippen LogP contribution in [0.1, 0.15) is 19.8 Å². The fraction of sp³-hybridized carbons (Fsp3) is 0.538. The highest BCUT2D eigenvalue weighted by atomic mass is 35.5. The van der Waals surface area contributed by atoms with Gasteiger partial charge < -0.3 is 10.5 Å². The standard InChI is InChI=1S/C13H18Cl2N2O3S/c1-2-20-10-3-5-17(6-4-10)21(18,19)13-11(15)7-9(14)8-12(13)16/h7-8,10H,2-6,16H2,1H3. The molecule has 1 heterocycles. The first-order valence-corrected chi connectivity index (χ1v) is 8.92. The summed E-state index contributed by atoms with van der Waals surface area (Å²) in [7, 11) is -3.72. The lowest BCUT2D eigenvalue weighted by Gasteiger charge is -2.31. The van der Waals surface area contributed by atoms with Gasteiger partial charge in [0.1, 0.15) is 4.90 Å². The topological polar surface area (TPSA) is 72.6 Å². The van der Waals surface area contributed by atoms with Crippen molar-refractivity contribution in [3.63, 3.8) is 0 Å². The highest BCUT2D eigenvalue weighted by Crippen LogP contribution is 2.34. The van der Waals surface area contributed by atoms with Crippen molar-refractivity contribution in [3.8, 4) is 0 Å². The van der Waals surface area contributed by atoms with Gasteiger partial charge in [-0.2, -0.15) is 4.31 Å². The number of piperidine rings is 1. The Balaban J connectivity index is 2.24. The van der Waals surface area contributed by atoms with Gasteiger partial charge in [-0.1, -0.05) is 23.2 Å². The fourth-order valence-corrected chi connectivity index (χ4v) is 4.87. The molecule has 1 saturated heterocycles. The van der Waals surface area contributed by atoms with E-state index in [2.05, 4.69) is 0 Å². The zero-order chi connectivity index (χ0) is 15.6. The predicted molar refractivity (Wildman–Crippen MR) is 84.3 cm³/mol. The van der Waals surface area contributed by atoms with E-state index in [4.69, 9.17) is 33.7 Å². The molecular formula is C13H18Cl2N2O3S. The Morgan fingerprint density at radius 2 is 1.95 bits per heavy atom. The first kappa shape index (κ1) is 16.8. The number of benzene rings is 1. The minimum Gasteiger partial charge on any atom is -0.398 e. The van der Waals surface area contributed by atoms with Crippen LogP contribution in [0.25, 0.3) is 0 Å². The second kappa shape index (κ2) is 6.71. The van der Waals surface area contributed by atoms with Gasteiger partial charge in [0.05, 0.1) is 16.8 Å². The van der Waals surface area contributed by atoms with Gasteiger partial charge in [0.15, 0.2) is 0 Å². The molecule has 0 spiro atoms. The maximum absolute atomic E-state index is 12.7. The molecule has 0 atom stereocenters. The van der Waals surface area contributed by atoms with Gasteiger partial charge in [-0.05, 0) is 31.9 Å². The first-order valence-electron chi connectivity index (χ1n) is 6.72. The highest BCUT2D eigenvalue weighted by molar-refractivity contribution is 7.89. The molecule has 1 aliphatic heterocycles. The van der Waals surface area contributed by atoms with Crippen molar-refractivity contribution < 1.29 is 13.2 Å². The minimum atomic E-state index is -3.72. The van der Waals surface area contributed by atoms with Gasteiger partial charge in [0, 0.05) is 24.7 Å². The van der Waals surface area contributed by atoms with E-state index in [-0.39, 0.29) is 21.7 Å². The first-order chi connectivity index (χ1) is 9.86. The molecule has 21 heavy (non-hydrogen) atoms. The third-order valence-corrected chi connectivity index (χ3v) is 6.08. The van der Waals surface area contributed by atoms with Crippen LogP contribution in [-0.4, -0.2) is 38.5 Å². The van der Waals surface area contributed by atoms with Crippen LogP contribution in [0.4, 0.5) is 5.69 Å². The molecule has 1 aromatic carbocycles. The van der Waals surface area contributed by atoms with Crippen LogP contribution in [0, 0.1) is 0 Å². The van der Waals surface area contributed by atoms with E-state index < -0.39 is 10.0 Å². The molecule has 0 aliphatic carbocycles. The lowest BCUT2D eigenvalue weighted by Crippen LogP contribution is -2.41. The Hall–Kier alpha value is -0.530. The van der Waals surface area contributed by atoms with Gasteiger partial charge in [-0.3, -0.25) is 0 Å². The molecule has 0 unspecified atom stereocenters. The summed E-state index contributed by atoms with van der Waals surface area (Å²) >= 11 is 11.8. The van der Waals surface area contributed by atoms with E-state index in [1.807, 2.05) is 6.92 Å². The smallest absolute Gasteiger partial charge is 0.246 e. The Labute approximate surface area is 135 Å². The second-order valence-electron chi connectivity index (χ2n) is 4.86. The van der Waals surface area contributed by atoms with Gasteiger partial charge in [0.2, 0.25) is 10.0 Å². The molecule has 0 aromatic heterocycles. The Bertz CT molecular complexity index is 591. The average molecular weight is 353 g/mol. The molecule has 5 nitrogen and oxygen atoms in total. The molecule has 0 radical (unpaired) electrons. The lowest BCUT2D eigenvalue weighted by atomic mass is 10.1. The van der Waals surface area contributed by atoms with Crippen molar-refractivity contribution in [1.82, 2.24) is 4.31 Å². The van der Waals surface area contributed by atoms with Crippen LogP contribution in [0.15, 0.2) is 17.0 Å². The Kier molecular flexibility index (Phi) is 5.38. The van der Waals surface area contributed by atoms with Gasteiger partial charge in [0.25, 0.3) is 0 Å². The monoisotopic (exact) mass is 352 g/mol. The molecular weight excluding hydrogens is 335 g/mol. The van der Waals surface area contributed by atoms with E-state index in [1.165, 1.54) is 16.4 Å². The fourth-order valence-electron chi connectivity index (χ4n) is 2.46. The van der Waals surface area contributed by atoms with Crippen molar-refractivity contribution in [1.29, 1.82) is 0 Å². The van der Waals surface area contributed by atoms with Crippen molar-refractivity contribution in [2.45, 2.75) is 30.8 Å². The zero-order valence-corrected chi connectivity index (χ0v) is 14.0.